The van der Waals surface area contributed by atoms with Gasteiger partial charge in [-0.25, -0.2) is 9.18 Å². The number of aliphatic hydroxyl groups is 2. The molecule has 2 heterocycles. The average Bonchev–Trinajstić information content (AvgIpc) is 2.79. The predicted octanol–water partition coefficient (Wildman–Crippen LogP) is 0.250. The molecule has 0 spiro atoms. The number of nitrogens with zero attached hydrogens (tertiary/aromatic N) is 1. The fourth-order valence-corrected chi connectivity index (χ4v) is 2.21. The van der Waals surface area contributed by atoms with Crippen LogP contribution in [-0.2, 0) is 4.74 Å². The molecule has 1 aromatic rings. The third-order valence-electron chi connectivity index (χ3n) is 3.06. The maximum absolute atomic E-state index is 13.7. The van der Waals surface area contributed by atoms with Crippen LogP contribution >= 0.6 is 23.2 Å². The first kappa shape index (κ1) is 16.2. The van der Waals surface area contributed by atoms with Gasteiger partial charge >= 0.3 is 5.69 Å². The summed E-state index contributed by atoms with van der Waals surface area (Å²) in [6.07, 6.45) is -1.91. The zero-order valence-corrected chi connectivity index (χ0v) is 11.9. The highest BCUT2D eigenvalue weighted by Crippen LogP contribution is 2.28. The molecule has 0 saturated carbocycles. The van der Waals surface area contributed by atoms with Gasteiger partial charge in [-0.15, -0.1) is 0 Å². The Kier molecular flexibility index (Phi) is 4.84. The minimum absolute atomic E-state index is 0.00342. The zero-order chi connectivity index (χ0) is 15.7. The molecule has 3 unspecified atom stereocenters. The maximum atomic E-state index is 13.7. The summed E-state index contributed by atoms with van der Waals surface area (Å²) in [4.78, 5) is 25.2. The Balaban J connectivity index is 2.47. The Labute approximate surface area is 127 Å². The van der Waals surface area contributed by atoms with Gasteiger partial charge in [0.05, 0.1) is 18.3 Å². The number of H-pyrrole nitrogens is 1. The van der Waals surface area contributed by atoms with E-state index in [-0.39, 0.29) is 6.42 Å². The van der Waals surface area contributed by atoms with Gasteiger partial charge in [0.15, 0.2) is 5.83 Å². The second kappa shape index (κ2) is 6.29. The highest BCUT2D eigenvalue weighted by Gasteiger charge is 2.35. The lowest BCUT2D eigenvalue weighted by atomic mass is 10.2. The maximum Gasteiger partial charge on any atom is 0.330 e. The van der Waals surface area contributed by atoms with Crippen LogP contribution in [0.1, 0.15) is 18.2 Å². The van der Waals surface area contributed by atoms with Crippen LogP contribution in [0.2, 0.25) is 0 Å². The number of aromatic nitrogens is 2. The first-order valence-corrected chi connectivity index (χ1v) is 6.61. The van der Waals surface area contributed by atoms with Gasteiger partial charge in [0, 0.05) is 12.6 Å². The van der Waals surface area contributed by atoms with Crippen LogP contribution in [0, 0.1) is 0 Å². The number of nitrogens with one attached hydrogen (secondary N) is 1. The van der Waals surface area contributed by atoms with Gasteiger partial charge in [0.1, 0.15) is 16.8 Å². The first-order valence-electron chi connectivity index (χ1n) is 5.86. The van der Waals surface area contributed by atoms with E-state index < -0.39 is 52.2 Å². The molecule has 116 valence electrons. The highest BCUT2D eigenvalue weighted by atomic mass is 35.5. The fraction of sp³-hybridized carbons (Fsp3) is 0.455. The molecule has 21 heavy (non-hydrogen) atoms. The quantitative estimate of drug-likeness (QED) is 0.731. The summed E-state index contributed by atoms with van der Waals surface area (Å²) < 4.78 is 19.1. The number of halogens is 3. The first-order chi connectivity index (χ1) is 9.85. The van der Waals surface area contributed by atoms with Crippen molar-refractivity contribution in [2.45, 2.75) is 24.9 Å². The second-order valence-corrected chi connectivity index (χ2v) is 5.35. The summed E-state index contributed by atoms with van der Waals surface area (Å²) in [6.45, 7) is -0.440. The van der Waals surface area contributed by atoms with Crippen LogP contribution in [0.4, 0.5) is 4.39 Å². The lowest BCUT2D eigenvalue weighted by Crippen LogP contribution is -2.34. The van der Waals surface area contributed by atoms with Crippen LogP contribution in [0.15, 0.2) is 20.3 Å². The Morgan fingerprint density at radius 3 is 2.71 bits per heavy atom. The van der Waals surface area contributed by atoms with Crippen molar-refractivity contribution in [3.8, 4) is 0 Å². The van der Waals surface area contributed by atoms with Crippen molar-refractivity contribution in [2.24, 2.45) is 0 Å². The lowest BCUT2D eigenvalue weighted by molar-refractivity contribution is -0.0459. The van der Waals surface area contributed by atoms with Crippen LogP contribution < -0.4 is 11.2 Å². The second-order valence-electron chi connectivity index (χ2n) is 4.40. The monoisotopic (exact) mass is 340 g/mol. The fourth-order valence-electron chi connectivity index (χ4n) is 2.01. The van der Waals surface area contributed by atoms with Crippen molar-refractivity contribution >= 4 is 29.0 Å². The van der Waals surface area contributed by atoms with Gasteiger partial charge in [-0.3, -0.25) is 14.3 Å². The molecule has 0 bridgehead atoms. The minimum Gasteiger partial charge on any atom is -0.394 e. The molecule has 0 radical (unpaired) electrons. The smallest absolute Gasteiger partial charge is 0.330 e. The molecule has 0 aliphatic carbocycles. The van der Waals surface area contributed by atoms with Crippen molar-refractivity contribution in [2.75, 3.05) is 6.61 Å². The Morgan fingerprint density at radius 2 is 2.19 bits per heavy atom. The van der Waals surface area contributed by atoms with Crippen molar-refractivity contribution in [1.82, 2.24) is 9.55 Å². The molecule has 3 N–H and O–H groups in total. The van der Waals surface area contributed by atoms with Gasteiger partial charge in [0.2, 0.25) is 0 Å². The molecule has 0 amide bonds. The molecule has 3 atom stereocenters. The predicted molar refractivity (Wildman–Crippen MR) is 72.7 cm³/mol. The summed E-state index contributed by atoms with van der Waals surface area (Å²) in [7, 11) is 0. The molecule has 10 heteroatoms. The molecule has 1 aliphatic heterocycles. The number of hydrogen-bond acceptors (Lipinski definition) is 5. The topological polar surface area (TPSA) is 105 Å². The van der Waals surface area contributed by atoms with Gasteiger partial charge < -0.3 is 14.9 Å². The van der Waals surface area contributed by atoms with E-state index in [4.69, 9.17) is 33.0 Å². The molecular formula is C11H11Cl2FN2O5. The van der Waals surface area contributed by atoms with Crippen molar-refractivity contribution < 1.29 is 19.3 Å². The van der Waals surface area contributed by atoms with E-state index in [2.05, 4.69) is 0 Å². The van der Waals surface area contributed by atoms with Crippen molar-refractivity contribution in [1.29, 1.82) is 0 Å². The molecule has 7 nitrogen and oxygen atoms in total. The molecular weight excluding hydrogens is 330 g/mol. The standard InChI is InChI=1S/C11H11Cl2FN2O5/c12-9(13)8(14)4-2-16(11(20)15-10(4)19)7-1-5(18)6(3-17)21-7/h2,5-7,17-18H,1,3H2,(H,15,19,20). The van der Waals surface area contributed by atoms with Crippen LogP contribution in [0.5, 0.6) is 0 Å². The van der Waals surface area contributed by atoms with E-state index in [1.165, 1.54) is 0 Å². The van der Waals surface area contributed by atoms with Crippen molar-refractivity contribution in [3.63, 3.8) is 0 Å². The van der Waals surface area contributed by atoms with Crippen LogP contribution in [0.3, 0.4) is 0 Å². The number of ether oxygens (including phenoxy) is 1. The van der Waals surface area contributed by atoms with Crippen molar-refractivity contribution in [3.05, 3.63) is 37.1 Å². The number of aromatic amines is 1. The summed E-state index contributed by atoms with van der Waals surface area (Å²) in [6, 6.07) is 0. The molecule has 2 rings (SSSR count). The number of aliphatic hydroxyl groups excluding tert-OH is 2. The third-order valence-corrected chi connectivity index (χ3v) is 3.40. The van der Waals surface area contributed by atoms with E-state index in [0.29, 0.717) is 0 Å². The number of rotatable bonds is 3. The van der Waals surface area contributed by atoms with E-state index in [1.54, 1.807) is 0 Å². The SMILES string of the molecule is O=c1[nH]c(=O)n(C2CC(O)C(CO)O2)cc1C(F)=C(Cl)Cl. The van der Waals surface area contributed by atoms with Gasteiger partial charge in [-0.1, -0.05) is 23.2 Å². The molecule has 1 aliphatic rings. The van der Waals surface area contributed by atoms with Gasteiger partial charge in [-0.05, 0) is 0 Å². The normalized spacial score (nSPS) is 25.1. The summed E-state index contributed by atoms with van der Waals surface area (Å²) in [5, 5.41) is 18.6. The van der Waals surface area contributed by atoms with Crippen LogP contribution in [-0.4, -0.2) is 38.6 Å². The summed E-state index contributed by atoms with van der Waals surface area (Å²) >= 11 is 10.6. The van der Waals surface area contributed by atoms with Crippen LogP contribution in [0.25, 0.3) is 5.83 Å². The highest BCUT2D eigenvalue weighted by molar-refractivity contribution is 6.58. The molecule has 1 fully saturated rings. The zero-order valence-electron chi connectivity index (χ0n) is 10.4. The largest absolute Gasteiger partial charge is 0.394 e. The Morgan fingerprint density at radius 1 is 1.52 bits per heavy atom. The Hall–Kier alpha value is -1.19. The average molecular weight is 341 g/mol. The Bertz CT molecular complexity index is 682. The van der Waals surface area contributed by atoms with E-state index in [0.717, 1.165) is 10.8 Å². The van der Waals surface area contributed by atoms with Gasteiger partial charge in [-0.2, -0.15) is 0 Å². The summed E-state index contributed by atoms with van der Waals surface area (Å²) in [5.74, 6) is -1.19. The minimum atomic E-state index is -1.19. The molecule has 1 aromatic heterocycles. The van der Waals surface area contributed by atoms with E-state index in [9.17, 15) is 19.1 Å². The third kappa shape index (κ3) is 3.19. The lowest BCUT2D eigenvalue weighted by Gasteiger charge is -2.15. The van der Waals surface area contributed by atoms with Gasteiger partial charge in [0.25, 0.3) is 5.56 Å². The molecule has 1 saturated heterocycles. The summed E-state index contributed by atoms with van der Waals surface area (Å²) in [5.41, 5.74) is -2.39. The molecule has 0 aromatic carbocycles. The van der Waals surface area contributed by atoms with E-state index >= 15 is 0 Å². The van der Waals surface area contributed by atoms with E-state index in [1.807, 2.05) is 4.98 Å². The number of hydrogen-bond donors (Lipinski definition) is 3.